The number of hydrogen-bond donors (Lipinski definition) is 1. The summed E-state index contributed by atoms with van der Waals surface area (Å²) in [6.07, 6.45) is 5.28. The van der Waals surface area contributed by atoms with Crippen molar-refractivity contribution in [3.63, 3.8) is 0 Å². The second-order valence-electron chi connectivity index (χ2n) is 7.37. The molecule has 2 heteroatoms. The van der Waals surface area contributed by atoms with Crippen molar-refractivity contribution in [2.24, 2.45) is 5.92 Å². The Morgan fingerprint density at radius 2 is 1.86 bits per heavy atom. The van der Waals surface area contributed by atoms with Crippen LogP contribution in [0, 0.1) is 5.92 Å². The molecule has 0 amide bonds. The van der Waals surface area contributed by atoms with Crippen LogP contribution in [-0.2, 0) is 6.42 Å². The summed E-state index contributed by atoms with van der Waals surface area (Å²) < 4.78 is 0. The highest BCUT2D eigenvalue weighted by atomic mass is 15.2. The van der Waals surface area contributed by atoms with E-state index in [-0.39, 0.29) is 0 Å². The summed E-state index contributed by atoms with van der Waals surface area (Å²) in [4.78, 5) is 2.68. The molecule has 0 saturated carbocycles. The molecule has 2 nitrogen and oxygen atoms in total. The van der Waals surface area contributed by atoms with Gasteiger partial charge in [0.25, 0.3) is 0 Å². The average Bonchev–Trinajstić information content (AvgIpc) is 3.04. The van der Waals surface area contributed by atoms with Crippen LogP contribution in [-0.4, -0.2) is 30.1 Å². The molecule has 2 saturated heterocycles. The summed E-state index contributed by atoms with van der Waals surface area (Å²) >= 11 is 0. The molecule has 1 aromatic carbocycles. The summed E-state index contributed by atoms with van der Waals surface area (Å²) in [6, 6.07) is 11.2. The van der Waals surface area contributed by atoms with Gasteiger partial charge in [0.1, 0.15) is 0 Å². The second kappa shape index (κ2) is 6.50. The third kappa shape index (κ3) is 3.49. The molecule has 3 atom stereocenters. The normalized spacial score (nSPS) is 27.2. The van der Waals surface area contributed by atoms with Gasteiger partial charge in [0.15, 0.2) is 0 Å². The number of nitrogens with zero attached hydrogens (tertiary/aromatic N) is 1. The lowest BCUT2D eigenvalue weighted by Crippen LogP contribution is -2.40. The standard InChI is InChI=1S/C19H30N2/c1-14(2)13-16-6-8-17(9-7-16)15(3)20-18-10-12-21-11-4-5-19(18)21/h6-9,14-15,18-20H,4-5,10-13H2,1-3H3. The lowest BCUT2D eigenvalue weighted by Gasteiger charge is -2.25. The second-order valence-corrected chi connectivity index (χ2v) is 7.37. The Bertz CT molecular complexity index is 451. The van der Waals surface area contributed by atoms with Gasteiger partial charge in [-0.15, -0.1) is 0 Å². The maximum atomic E-state index is 3.89. The zero-order valence-corrected chi connectivity index (χ0v) is 13.8. The van der Waals surface area contributed by atoms with Crippen molar-refractivity contribution >= 4 is 0 Å². The monoisotopic (exact) mass is 286 g/mol. The van der Waals surface area contributed by atoms with Crippen molar-refractivity contribution in [1.29, 1.82) is 0 Å². The van der Waals surface area contributed by atoms with Crippen molar-refractivity contribution in [2.75, 3.05) is 13.1 Å². The predicted molar refractivity (Wildman–Crippen MR) is 89.5 cm³/mol. The molecule has 0 spiro atoms. The summed E-state index contributed by atoms with van der Waals surface area (Å²) in [6.45, 7) is 9.50. The Labute approximate surface area is 129 Å². The molecule has 2 aliphatic heterocycles. The first kappa shape index (κ1) is 15.1. The predicted octanol–water partition coefficient (Wildman–Crippen LogP) is 3.77. The van der Waals surface area contributed by atoms with Gasteiger partial charge >= 0.3 is 0 Å². The largest absolute Gasteiger partial charge is 0.306 e. The molecule has 0 radical (unpaired) electrons. The van der Waals surface area contributed by atoms with Crippen LogP contribution in [0.2, 0.25) is 0 Å². The van der Waals surface area contributed by atoms with Crippen LogP contribution in [0.4, 0.5) is 0 Å². The number of benzene rings is 1. The quantitative estimate of drug-likeness (QED) is 0.886. The van der Waals surface area contributed by atoms with E-state index >= 15 is 0 Å². The molecule has 3 rings (SSSR count). The van der Waals surface area contributed by atoms with Crippen molar-refractivity contribution in [3.05, 3.63) is 35.4 Å². The number of fused-ring (bicyclic) bond motifs is 1. The van der Waals surface area contributed by atoms with Crippen LogP contribution < -0.4 is 5.32 Å². The molecule has 0 aromatic heterocycles. The Morgan fingerprint density at radius 1 is 1.10 bits per heavy atom. The highest BCUT2D eigenvalue weighted by Crippen LogP contribution is 2.29. The van der Waals surface area contributed by atoms with E-state index in [1.165, 1.54) is 49.9 Å². The molecular formula is C19H30N2. The zero-order valence-electron chi connectivity index (χ0n) is 13.8. The van der Waals surface area contributed by atoms with Crippen LogP contribution in [0.15, 0.2) is 24.3 Å². The Morgan fingerprint density at radius 3 is 2.57 bits per heavy atom. The van der Waals surface area contributed by atoms with Gasteiger partial charge in [0.05, 0.1) is 0 Å². The van der Waals surface area contributed by atoms with Crippen LogP contribution in [0.3, 0.4) is 0 Å². The average molecular weight is 286 g/mol. The third-order valence-electron chi connectivity index (χ3n) is 5.19. The van der Waals surface area contributed by atoms with Gasteiger partial charge in [-0.2, -0.15) is 0 Å². The van der Waals surface area contributed by atoms with Gasteiger partial charge in [-0.25, -0.2) is 0 Å². The third-order valence-corrected chi connectivity index (χ3v) is 5.19. The minimum absolute atomic E-state index is 0.462. The first-order chi connectivity index (χ1) is 10.1. The number of rotatable bonds is 5. The Kier molecular flexibility index (Phi) is 4.66. The molecule has 116 valence electrons. The molecule has 2 heterocycles. The van der Waals surface area contributed by atoms with Gasteiger partial charge in [-0.3, -0.25) is 4.90 Å². The van der Waals surface area contributed by atoms with Crippen molar-refractivity contribution in [3.8, 4) is 0 Å². The molecule has 1 N–H and O–H groups in total. The van der Waals surface area contributed by atoms with Gasteiger partial charge in [0, 0.05) is 24.7 Å². The molecule has 0 bridgehead atoms. The van der Waals surface area contributed by atoms with Crippen LogP contribution >= 0.6 is 0 Å². The smallest absolute Gasteiger partial charge is 0.0295 e. The highest BCUT2D eigenvalue weighted by Gasteiger charge is 2.37. The van der Waals surface area contributed by atoms with Gasteiger partial charge in [-0.1, -0.05) is 38.1 Å². The summed E-state index contributed by atoms with van der Waals surface area (Å²) in [5.74, 6) is 0.734. The molecule has 21 heavy (non-hydrogen) atoms. The summed E-state index contributed by atoms with van der Waals surface area (Å²) in [5.41, 5.74) is 2.89. The highest BCUT2D eigenvalue weighted by molar-refractivity contribution is 5.25. The maximum absolute atomic E-state index is 3.89. The Hall–Kier alpha value is -0.860. The number of hydrogen-bond acceptors (Lipinski definition) is 2. The van der Waals surface area contributed by atoms with E-state index in [9.17, 15) is 0 Å². The number of nitrogens with one attached hydrogen (secondary N) is 1. The first-order valence-corrected chi connectivity index (χ1v) is 8.72. The molecular weight excluding hydrogens is 256 g/mol. The van der Waals surface area contributed by atoms with E-state index in [0.29, 0.717) is 12.1 Å². The van der Waals surface area contributed by atoms with Crippen LogP contribution in [0.5, 0.6) is 0 Å². The molecule has 1 aromatic rings. The maximum Gasteiger partial charge on any atom is 0.0295 e. The molecule has 2 aliphatic rings. The fourth-order valence-corrected chi connectivity index (χ4v) is 4.11. The van der Waals surface area contributed by atoms with Gasteiger partial charge in [-0.05, 0) is 56.2 Å². The van der Waals surface area contributed by atoms with Gasteiger partial charge < -0.3 is 5.32 Å². The molecule has 0 aliphatic carbocycles. The SMILES string of the molecule is CC(C)Cc1ccc(C(C)NC2CCN3CCCC23)cc1. The lowest BCUT2D eigenvalue weighted by atomic mass is 9.99. The molecule has 2 fully saturated rings. The zero-order chi connectivity index (χ0) is 14.8. The fraction of sp³-hybridized carbons (Fsp3) is 0.684. The van der Waals surface area contributed by atoms with E-state index in [2.05, 4.69) is 55.3 Å². The first-order valence-electron chi connectivity index (χ1n) is 8.72. The van der Waals surface area contributed by atoms with Crippen LogP contribution in [0.25, 0.3) is 0 Å². The summed E-state index contributed by atoms with van der Waals surface area (Å²) in [7, 11) is 0. The molecule has 3 unspecified atom stereocenters. The van der Waals surface area contributed by atoms with E-state index in [1.807, 2.05) is 0 Å². The Balaban J connectivity index is 1.58. The summed E-state index contributed by atoms with van der Waals surface area (Å²) in [5, 5.41) is 3.89. The van der Waals surface area contributed by atoms with E-state index < -0.39 is 0 Å². The van der Waals surface area contributed by atoms with Crippen molar-refractivity contribution in [1.82, 2.24) is 10.2 Å². The topological polar surface area (TPSA) is 15.3 Å². The van der Waals surface area contributed by atoms with Crippen molar-refractivity contribution < 1.29 is 0 Å². The minimum Gasteiger partial charge on any atom is -0.306 e. The fourth-order valence-electron chi connectivity index (χ4n) is 4.11. The van der Waals surface area contributed by atoms with Crippen LogP contribution in [0.1, 0.15) is 57.2 Å². The minimum atomic E-state index is 0.462. The van der Waals surface area contributed by atoms with Gasteiger partial charge in [0.2, 0.25) is 0 Å². The lowest BCUT2D eigenvalue weighted by molar-refractivity contribution is 0.291. The van der Waals surface area contributed by atoms with Crippen molar-refractivity contribution in [2.45, 2.75) is 64.6 Å². The van der Waals surface area contributed by atoms with E-state index in [4.69, 9.17) is 0 Å². The van der Waals surface area contributed by atoms with E-state index in [0.717, 1.165) is 12.0 Å². The van der Waals surface area contributed by atoms with E-state index in [1.54, 1.807) is 0 Å².